The van der Waals surface area contributed by atoms with Gasteiger partial charge in [0, 0.05) is 4.47 Å². The highest BCUT2D eigenvalue weighted by atomic mass is 79.9. The van der Waals surface area contributed by atoms with Gasteiger partial charge in [0.05, 0.1) is 5.56 Å². The molecule has 0 spiro atoms. The first-order chi connectivity index (χ1) is 6.88. The van der Waals surface area contributed by atoms with Crippen LogP contribution in [-0.2, 0) is 12.6 Å². The molecule has 4 heteroatoms. The molecular weight excluding hydrogens is 269 g/mol. The van der Waals surface area contributed by atoms with Gasteiger partial charge in [0.25, 0.3) is 0 Å². The molecule has 0 saturated heterocycles. The van der Waals surface area contributed by atoms with Crippen molar-refractivity contribution < 1.29 is 13.2 Å². The Hall–Kier alpha value is -0.770. The standard InChI is InChI=1S/C11H8BrF3/c1-6-2-7-4-8(11(13,14)15)5-10(12)9(7)3-6/h3-5H,2H2,1H3. The summed E-state index contributed by atoms with van der Waals surface area (Å²) in [7, 11) is 0. The molecule has 0 nitrogen and oxygen atoms in total. The molecule has 0 bridgehead atoms. The van der Waals surface area contributed by atoms with E-state index in [0.717, 1.165) is 22.8 Å². The van der Waals surface area contributed by atoms with E-state index < -0.39 is 11.7 Å². The molecule has 0 unspecified atom stereocenters. The lowest BCUT2D eigenvalue weighted by molar-refractivity contribution is -0.137. The van der Waals surface area contributed by atoms with Crippen LogP contribution in [0, 0.1) is 0 Å². The van der Waals surface area contributed by atoms with Gasteiger partial charge in [-0.3, -0.25) is 0 Å². The fourth-order valence-electron chi connectivity index (χ4n) is 1.74. The second kappa shape index (κ2) is 3.37. The summed E-state index contributed by atoms with van der Waals surface area (Å²) in [6.07, 6.45) is -1.74. The number of hydrogen-bond donors (Lipinski definition) is 0. The summed E-state index contributed by atoms with van der Waals surface area (Å²) in [6.45, 7) is 1.92. The lowest BCUT2D eigenvalue weighted by Crippen LogP contribution is -2.06. The van der Waals surface area contributed by atoms with E-state index in [4.69, 9.17) is 0 Å². The zero-order valence-electron chi connectivity index (χ0n) is 7.95. The highest BCUT2D eigenvalue weighted by molar-refractivity contribution is 9.10. The summed E-state index contributed by atoms with van der Waals surface area (Å²) in [4.78, 5) is 0. The quantitative estimate of drug-likeness (QED) is 0.658. The van der Waals surface area contributed by atoms with Gasteiger partial charge in [0.15, 0.2) is 0 Å². The lowest BCUT2D eigenvalue weighted by atomic mass is 10.1. The Morgan fingerprint density at radius 2 is 1.93 bits per heavy atom. The summed E-state index contributed by atoms with van der Waals surface area (Å²) in [5, 5.41) is 0. The predicted octanol–water partition coefficient (Wildman–Crippen LogP) is 4.43. The van der Waals surface area contributed by atoms with Crippen molar-refractivity contribution in [3.8, 4) is 0 Å². The Labute approximate surface area is 93.9 Å². The van der Waals surface area contributed by atoms with Gasteiger partial charge in [-0.05, 0) is 36.6 Å². The SMILES string of the molecule is CC1=Cc2c(Br)cc(C(F)(F)F)cc2C1. The van der Waals surface area contributed by atoms with Crippen LogP contribution in [0.3, 0.4) is 0 Å². The first-order valence-corrected chi connectivity index (χ1v) is 5.24. The Morgan fingerprint density at radius 1 is 1.27 bits per heavy atom. The number of fused-ring (bicyclic) bond motifs is 1. The van der Waals surface area contributed by atoms with Crippen LogP contribution >= 0.6 is 15.9 Å². The molecule has 1 aromatic rings. The minimum Gasteiger partial charge on any atom is -0.166 e. The lowest BCUT2D eigenvalue weighted by Gasteiger charge is -2.10. The molecule has 0 radical (unpaired) electrons. The number of hydrogen-bond acceptors (Lipinski definition) is 0. The van der Waals surface area contributed by atoms with Crippen LogP contribution < -0.4 is 0 Å². The summed E-state index contributed by atoms with van der Waals surface area (Å²) in [5.74, 6) is 0. The van der Waals surface area contributed by atoms with Gasteiger partial charge in [-0.25, -0.2) is 0 Å². The molecule has 0 aliphatic heterocycles. The van der Waals surface area contributed by atoms with Crippen molar-refractivity contribution in [3.63, 3.8) is 0 Å². The van der Waals surface area contributed by atoms with Crippen molar-refractivity contribution >= 4 is 22.0 Å². The fourth-order valence-corrected chi connectivity index (χ4v) is 2.36. The van der Waals surface area contributed by atoms with Gasteiger partial charge in [-0.2, -0.15) is 13.2 Å². The van der Waals surface area contributed by atoms with Crippen molar-refractivity contribution in [2.24, 2.45) is 0 Å². The third kappa shape index (κ3) is 1.95. The monoisotopic (exact) mass is 276 g/mol. The zero-order chi connectivity index (χ0) is 11.2. The van der Waals surface area contributed by atoms with Gasteiger partial charge in [0.2, 0.25) is 0 Å². The van der Waals surface area contributed by atoms with E-state index in [0.29, 0.717) is 10.9 Å². The Kier molecular flexibility index (Phi) is 2.41. The topological polar surface area (TPSA) is 0 Å². The number of alkyl halides is 3. The molecule has 0 saturated carbocycles. The number of allylic oxidation sites excluding steroid dienone is 1. The van der Waals surface area contributed by atoms with Crippen LogP contribution in [0.4, 0.5) is 13.2 Å². The highest BCUT2D eigenvalue weighted by Gasteiger charge is 2.32. The van der Waals surface area contributed by atoms with E-state index in [2.05, 4.69) is 15.9 Å². The molecule has 15 heavy (non-hydrogen) atoms. The molecule has 80 valence electrons. The predicted molar refractivity (Wildman–Crippen MR) is 56.5 cm³/mol. The first-order valence-electron chi connectivity index (χ1n) is 4.45. The zero-order valence-corrected chi connectivity index (χ0v) is 9.54. The first kappa shape index (κ1) is 10.7. The van der Waals surface area contributed by atoms with E-state index in [1.54, 1.807) is 0 Å². The maximum atomic E-state index is 12.5. The van der Waals surface area contributed by atoms with E-state index >= 15 is 0 Å². The van der Waals surface area contributed by atoms with Crippen molar-refractivity contribution in [1.29, 1.82) is 0 Å². The molecule has 2 rings (SSSR count). The van der Waals surface area contributed by atoms with E-state index in [-0.39, 0.29) is 0 Å². The molecule has 1 aromatic carbocycles. The normalized spacial score (nSPS) is 15.1. The maximum absolute atomic E-state index is 12.5. The summed E-state index contributed by atoms with van der Waals surface area (Å²) < 4.78 is 38.0. The van der Waals surface area contributed by atoms with Crippen LogP contribution in [0.5, 0.6) is 0 Å². The molecular formula is C11H8BrF3. The molecule has 0 atom stereocenters. The smallest absolute Gasteiger partial charge is 0.166 e. The van der Waals surface area contributed by atoms with Crippen molar-refractivity contribution in [3.05, 3.63) is 38.9 Å². The molecule has 1 aliphatic carbocycles. The number of benzene rings is 1. The van der Waals surface area contributed by atoms with Crippen LogP contribution in [-0.4, -0.2) is 0 Å². The molecule has 0 N–H and O–H groups in total. The average molecular weight is 277 g/mol. The van der Waals surface area contributed by atoms with Crippen LogP contribution in [0.2, 0.25) is 0 Å². The van der Waals surface area contributed by atoms with Crippen molar-refractivity contribution in [2.45, 2.75) is 19.5 Å². The van der Waals surface area contributed by atoms with Gasteiger partial charge >= 0.3 is 6.18 Å². The second-order valence-corrected chi connectivity index (χ2v) is 4.55. The molecule has 0 amide bonds. The van der Waals surface area contributed by atoms with E-state index in [1.807, 2.05) is 13.0 Å². The van der Waals surface area contributed by atoms with Crippen molar-refractivity contribution in [1.82, 2.24) is 0 Å². The van der Waals surface area contributed by atoms with Gasteiger partial charge < -0.3 is 0 Å². The average Bonchev–Trinajstić information content (AvgIpc) is 2.44. The van der Waals surface area contributed by atoms with Crippen LogP contribution in [0.15, 0.2) is 22.2 Å². The Morgan fingerprint density at radius 3 is 2.53 bits per heavy atom. The van der Waals surface area contributed by atoms with E-state index in [1.165, 1.54) is 6.07 Å². The number of halogens is 4. The third-order valence-electron chi connectivity index (χ3n) is 2.40. The second-order valence-electron chi connectivity index (χ2n) is 3.70. The van der Waals surface area contributed by atoms with Crippen LogP contribution in [0.1, 0.15) is 23.6 Å². The largest absolute Gasteiger partial charge is 0.416 e. The third-order valence-corrected chi connectivity index (χ3v) is 3.06. The Balaban J connectivity index is 2.54. The molecule has 1 aliphatic rings. The summed E-state index contributed by atoms with van der Waals surface area (Å²) >= 11 is 3.17. The van der Waals surface area contributed by atoms with Gasteiger partial charge in [-0.15, -0.1) is 0 Å². The van der Waals surface area contributed by atoms with E-state index in [9.17, 15) is 13.2 Å². The Bertz CT molecular complexity index is 444. The molecule has 0 fully saturated rings. The number of rotatable bonds is 0. The van der Waals surface area contributed by atoms with Gasteiger partial charge in [-0.1, -0.05) is 27.6 Å². The van der Waals surface area contributed by atoms with Gasteiger partial charge in [0.1, 0.15) is 0 Å². The summed E-state index contributed by atoms with van der Waals surface area (Å²) in [5.41, 5.74) is 2.12. The van der Waals surface area contributed by atoms with Crippen molar-refractivity contribution in [2.75, 3.05) is 0 Å². The summed E-state index contributed by atoms with van der Waals surface area (Å²) in [6, 6.07) is 2.36. The van der Waals surface area contributed by atoms with Crippen LogP contribution in [0.25, 0.3) is 6.08 Å². The minimum atomic E-state index is -4.27. The fraction of sp³-hybridized carbons (Fsp3) is 0.273. The highest BCUT2D eigenvalue weighted by Crippen LogP contribution is 2.37. The molecule has 0 aromatic heterocycles. The minimum absolute atomic E-state index is 0.518. The molecule has 0 heterocycles. The maximum Gasteiger partial charge on any atom is 0.416 e.